The summed E-state index contributed by atoms with van der Waals surface area (Å²) in [6, 6.07) is 17.9. The Balaban J connectivity index is 1.35. The number of urea groups is 1. The van der Waals surface area contributed by atoms with Crippen LogP contribution in [0.25, 0.3) is 0 Å². The van der Waals surface area contributed by atoms with Gasteiger partial charge >= 0.3 is 6.03 Å². The third-order valence-corrected chi connectivity index (χ3v) is 6.89. The molecule has 2 aromatic carbocycles. The number of nitrogens with zero attached hydrogens (tertiary/aromatic N) is 3. The largest absolute Gasteiger partial charge is 0.390 e. The molecular weight excluding hydrogens is 412 g/mol. The summed E-state index contributed by atoms with van der Waals surface area (Å²) in [5.41, 5.74) is 4.30. The summed E-state index contributed by atoms with van der Waals surface area (Å²) in [5.74, 6) is 0. The van der Waals surface area contributed by atoms with Crippen LogP contribution in [0.3, 0.4) is 0 Å². The lowest BCUT2D eigenvalue weighted by Crippen LogP contribution is -2.51. The topological polar surface area (TPSA) is 79.6 Å². The van der Waals surface area contributed by atoms with Crippen molar-refractivity contribution in [1.29, 1.82) is 5.26 Å². The van der Waals surface area contributed by atoms with Crippen LogP contribution < -0.4 is 5.32 Å². The number of fused-ring (bicyclic) bond motifs is 1. The van der Waals surface area contributed by atoms with E-state index < -0.39 is 6.10 Å². The van der Waals surface area contributed by atoms with Gasteiger partial charge in [0.05, 0.1) is 17.7 Å². The van der Waals surface area contributed by atoms with Crippen molar-refractivity contribution in [2.24, 2.45) is 0 Å². The van der Waals surface area contributed by atoms with Gasteiger partial charge in [0.2, 0.25) is 0 Å². The summed E-state index contributed by atoms with van der Waals surface area (Å²) in [6.07, 6.45) is 5.87. The van der Waals surface area contributed by atoms with Crippen molar-refractivity contribution in [3.05, 3.63) is 70.8 Å². The highest BCUT2D eigenvalue weighted by Crippen LogP contribution is 2.24. The minimum atomic E-state index is -0.585. The number of β-amino-alcohol motifs (C(OH)–C–C–N with tert-alkyl or cyclic N) is 1. The van der Waals surface area contributed by atoms with Gasteiger partial charge in [0.25, 0.3) is 0 Å². The summed E-state index contributed by atoms with van der Waals surface area (Å²) < 4.78 is 0. The monoisotopic (exact) mass is 446 g/mol. The van der Waals surface area contributed by atoms with Crippen LogP contribution in [-0.4, -0.2) is 52.7 Å². The lowest BCUT2D eigenvalue weighted by Gasteiger charge is -2.37. The fourth-order valence-corrected chi connectivity index (χ4v) is 5.06. The van der Waals surface area contributed by atoms with Crippen LogP contribution in [0.2, 0.25) is 0 Å². The number of hydrogen-bond donors (Lipinski definition) is 2. The molecule has 1 aliphatic heterocycles. The van der Waals surface area contributed by atoms with Crippen molar-refractivity contribution in [3.8, 4) is 6.07 Å². The Morgan fingerprint density at radius 3 is 2.58 bits per heavy atom. The molecule has 0 spiro atoms. The molecule has 6 nitrogen and oxygen atoms in total. The first-order valence-corrected chi connectivity index (χ1v) is 12.1. The smallest absolute Gasteiger partial charge is 0.318 e. The number of hydrogen-bond acceptors (Lipinski definition) is 4. The van der Waals surface area contributed by atoms with Crippen molar-refractivity contribution < 1.29 is 9.90 Å². The third kappa shape index (κ3) is 6.34. The average Bonchev–Trinajstić information content (AvgIpc) is 2.86. The fraction of sp³-hybridized carbons (Fsp3) is 0.481. The van der Waals surface area contributed by atoms with E-state index in [1.807, 2.05) is 17.0 Å². The predicted molar refractivity (Wildman–Crippen MR) is 128 cm³/mol. The average molecular weight is 447 g/mol. The molecular formula is C27H34N4O2. The van der Waals surface area contributed by atoms with E-state index in [1.54, 1.807) is 12.1 Å². The number of rotatable bonds is 7. The fourth-order valence-electron chi connectivity index (χ4n) is 5.06. The Bertz CT molecular complexity index is 963. The zero-order valence-corrected chi connectivity index (χ0v) is 19.2. The van der Waals surface area contributed by atoms with Crippen molar-refractivity contribution in [2.45, 2.75) is 63.8 Å². The molecule has 0 bridgehead atoms. The molecule has 2 aromatic rings. The molecule has 1 heterocycles. The normalized spacial score (nSPS) is 17.6. The first-order chi connectivity index (χ1) is 16.1. The SMILES string of the molecule is N#Cc1ccc(CNC(=O)N(CC(O)CN2CCc3ccccc3C2)C2CCCCC2)cc1. The Labute approximate surface area is 196 Å². The van der Waals surface area contributed by atoms with Gasteiger partial charge in [-0.05, 0) is 48.1 Å². The molecule has 2 amide bonds. The Morgan fingerprint density at radius 2 is 1.85 bits per heavy atom. The molecule has 2 N–H and O–H groups in total. The Kier molecular flexibility index (Phi) is 7.98. The molecule has 33 heavy (non-hydrogen) atoms. The molecule has 0 aromatic heterocycles. The number of carbonyl (C=O) groups is 1. The van der Waals surface area contributed by atoms with Crippen LogP contribution in [0.4, 0.5) is 4.79 Å². The van der Waals surface area contributed by atoms with Gasteiger partial charge in [0, 0.05) is 38.8 Å². The maximum Gasteiger partial charge on any atom is 0.318 e. The van der Waals surface area contributed by atoms with Gasteiger partial charge in [-0.3, -0.25) is 4.90 Å². The molecule has 1 saturated carbocycles. The lowest BCUT2D eigenvalue weighted by atomic mass is 9.94. The second kappa shape index (κ2) is 11.3. The molecule has 1 atom stereocenters. The first-order valence-electron chi connectivity index (χ1n) is 12.1. The van der Waals surface area contributed by atoms with E-state index in [2.05, 4.69) is 40.6 Å². The van der Waals surface area contributed by atoms with Crippen LogP contribution in [0.1, 0.15) is 54.4 Å². The second-order valence-corrected chi connectivity index (χ2v) is 9.32. The Hall–Kier alpha value is -2.88. The zero-order chi connectivity index (χ0) is 23.0. The minimum Gasteiger partial charge on any atom is -0.390 e. The van der Waals surface area contributed by atoms with Gasteiger partial charge in [0.1, 0.15) is 0 Å². The number of aliphatic hydroxyl groups is 1. The van der Waals surface area contributed by atoms with E-state index in [1.165, 1.54) is 17.5 Å². The van der Waals surface area contributed by atoms with Crippen LogP contribution >= 0.6 is 0 Å². The van der Waals surface area contributed by atoms with E-state index in [-0.39, 0.29) is 12.1 Å². The van der Waals surface area contributed by atoms with Crippen molar-refractivity contribution >= 4 is 6.03 Å². The summed E-state index contributed by atoms with van der Waals surface area (Å²) in [5, 5.41) is 22.9. The first kappa shape index (κ1) is 23.3. The van der Waals surface area contributed by atoms with Crippen molar-refractivity contribution in [1.82, 2.24) is 15.1 Å². The highest BCUT2D eigenvalue weighted by atomic mass is 16.3. The van der Waals surface area contributed by atoms with Gasteiger partial charge in [-0.25, -0.2) is 4.79 Å². The molecule has 6 heteroatoms. The van der Waals surface area contributed by atoms with Crippen molar-refractivity contribution in [3.63, 3.8) is 0 Å². The number of aliphatic hydroxyl groups excluding tert-OH is 1. The second-order valence-electron chi connectivity index (χ2n) is 9.32. The van der Waals surface area contributed by atoms with Crippen LogP contribution in [-0.2, 0) is 19.5 Å². The van der Waals surface area contributed by atoms with E-state index in [0.29, 0.717) is 25.2 Å². The molecule has 4 rings (SSSR count). The zero-order valence-electron chi connectivity index (χ0n) is 19.2. The minimum absolute atomic E-state index is 0.116. The van der Waals surface area contributed by atoms with Crippen molar-refractivity contribution in [2.75, 3.05) is 19.6 Å². The highest BCUT2D eigenvalue weighted by molar-refractivity contribution is 5.74. The van der Waals surface area contributed by atoms with E-state index in [9.17, 15) is 9.90 Å². The number of nitrogens with one attached hydrogen (secondary N) is 1. The van der Waals surface area contributed by atoms with Gasteiger partial charge in [0.15, 0.2) is 0 Å². The molecule has 0 radical (unpaired) electrons. The van der Waals surface area contributed by atoms with Gasteiger partial charge < -0.3 is 15.3 Å². The highest BCUT2D eigenvalue weighted by Gasteiger charge is 2.28. The number of benzene rings is 2. The summed E-state index contributed by atoms with van der Waals surface area (Å²) in [6.45, 7) is 3.11. The quantitative estimate of drug-likeness (QED) is 0.678. The molecule has 174 valence electrons. The molecule has 1 fully saturated rings. The summed E-state index contributed by atoms with van der Waals surface area (Å²) in [7, 11) is 0. The van der Waals surface area contributed by atoms with E-state index in [4.69, 9.17) is 5.26 Å². The lowest BCUT2D eigenvalue weighted by molar-refractivity contribution is 0.0594. The number of nitriles is 1. The summed E-state index contributed by atoms with van der Waals surface area (Å²) in [4.78, 5) is 17.3. The van der Waals surface area contributed by atoms with Gasteiger partial charge in [-0.2, -0.15) is 5.26 Å². The van der Waals surface area contributed by atoms with Crippen LogP contribution in [0, 0.1) is 11.3 Å². The van der Waals surface area contributed by atoms with Crippen LogP contribution in [0.15, 0.2) is 48.5 Å². The number of carbonyl (C=O) groups excluding carboxylic acids is 1. The Morgan fingerprint density at radius 1 is 1.12 bits per heavy atom. The van der Waals surface area contributed by atoms with E-state index in [0.717, 1.165) is 50.8 Å². The third-order valence-electron chi connectivity index (χ3n) is 6.89. The van der Waals surface area contributed by atoms with Gasteiger partial charge in [-0.15, -0.1) is 0 Å². The standard InChI is InChI=1S/C27H34N4O2/c28-16-21-10-12-22(13-11-21)17-29-27(33)31(25-8-2-1-3-9-25)20-26(32)19-30-15-14-23-6-4-5-7-24(23)18-30/h4-7,10-13,25-26,32H,1-3,8-9,14-15,17-20H2,(H,29,33). The molecule has 2 aliphatic rings. The molecule has 0 saturated heterocycles. The molecule has 1 aliphatic carbocycles. The number of amides is 2. The molecule has 1 unspecified atom stereocenters. The summed E-state index contributed by atoms with van der Waals surface area (Å²) >= 11 is 0. The van der Waals surface area contributed by atoms with Gasteiger partial charge in [-0.1, -0.05) is 55.7 Å². The maximum absolute atomic E-state index is 13.2. The van der Waals surface area contributed by atoms with E-state index >= 15 is 0 Å². The predicted octanol–water partition coefficient (Wildman–Crippen LogP) is 3.82. The van der Waals surface area contributed by atoms with Crippen LogP contribution in [0.5, 0.6) is 0 Å². The maximum atomic E-state index is 13.2.